The number of rotatable bonds is 17. The van der Waals surface area contributed by atoms with E-state index < -0.39 is 47.4 Å². The monoisotopic (exact) mass is 795 g/mol. The van der Waals surface area contributed by atoms with Crippen molar-refractivity contribution >= 4 is 58.2 Å². The van der Waals surface area contributed by atoms with Crippen molar-refractivity contribution in [3.63, 3.8) is 0 Å². The Hall–Kier alpha value is -4.37. The predicted octanol–water partition coefficient (Wildman–Crippen LogP) is 4.78. The highest BCUT2D eigenvalue weighted by Crippen LogP contribution is 2.30. The number of aryl methyl sites for hydroxylation is 2. The van der Waals surface area contributed by atoms with Gasteiger partial charge in [0.1, 0.15) is 12.1 Å². The van der Waals surface area contributed by atoms with Gasteiger partial charge in [-0.2, -0.15) is 0 Å². The number of hydrogen-bond donors (Lipinski definition) is 6. The van der Waals surface area contributed by atoms with Crippen molar-refractivity contribution in [3.8, 4) is 10.4 Å². The van der Waals surface area contributed by atoms with E-state index in [1.54, 1.807) is 23.5 Å². The summed E-state index contributed by atoms with van der Waals surface area (Å²) < 4.78 is 0. The summed E-state index contributed by atoms with van der Waals surface area (Å²) in [6.45, 7) is 9.39. The number of anilines is 1. The van der Waals surface area contributed by atoms with Gasteiger partial charge in [0.15, 0.2) is 0 Å². The Morgan fingerprint density at radius 2 is 1.75 bits per heavy atom. The van der Waals surface area contributed by atoms with Crippen LogP contribution in [0.2, 0.25) is 5.02 Å². The number of unbranched alkanes of at least 4 members (excludes halogenated alkanes) is 2. The van der Waals surface area contributed by atoms with Crippen molar-refractivity contribution in [2.45, 2.75) is 116 Å². The van der Waals surface area contributed by atoms with E-state index in [9.17, 15) is 29.1 Å². The zero-order valence-corrected chi connectivity index (χ0v) is 33.8. The van der Waals surface area contributed by atoms with Crippen LogP contribution in [0.15, 0.2) is 48.0 Å². The number of aromatic nitrogens is 1. The zero-order valence-electron chi connectivity index (χ0n) is 32.2. The fourth-order valence-corrected chi connectivity index (χ4v) is 7.63. The van der Waals surface area contributed by atoms with Crippen molar-refractivity contribution in [2.24, 2.45) is 16.9 Å². The third kappa shape index (κ3) is 12.1. The topological polar surface area (TPSA) is 210 Å². The van der Waals surface area contributed by atoms with Gasteiger partial charge in [-0.25, -0.2) is 4.98 Å². The van der Waals surface area contributed by atoms with E-state index in [1.807, 2.05) is 70.5 Å². The van der Waals surface area contributed by atoms with Gasteiger partial charge in [0.2, 0.25) is 29.5 Å². The maximum Gasteiger partial charge on any atom is 0.246 e. The molecule has 1 aliphatic rings. The van der Waals surface area contributed by atoms with Crippen LogP contribution in [-0.2, 0) is 30.4 Å². The molecule has 1 saturated heterocycles. The number of hydrogen-bond acceptors (Lipinski definition) is 9. The smallest absolute Gasteiger partial charge is 0.246 e. The van der Waals surface area contributed by atoms with E-state index in [0.717, 1.165) is 33.7 Å². The Balaban J connectivity index is 1.28. The molecule has 0 saturated carbocycles. The average molecular weight is 796 g/mol. The highest BCUT2D eigenvalue weighted by atomic mass is 35.5. The van der Waals surface area contributed by atoms with E-state index in [0.29, 0.717) is 30.0 Å². The molecular weight excluding hydrogens is 742 g/mol. The quantitative estimate of drug-likeness (QED) is 0.105. The normalized spacial score (nSPS) is 17.3. The first-order valence-electron chi connectivity index (χ1n) is 18.7. The Kier molecular flexibility index (Phi) is 15.4. The number of aliphatic hydroxyl groups excluding tert-OH is 1. The Labute approximate surface area is 332 Å². The molecule has 2 heterocycles. The van der Waals surface area contributed by atoms with Crippen molar-refractivity contribution in [3.05, 3.63) is 69.8 Å². The summed E-state index contributed by atoms with van der Waals surface area (Å²) in [6, 6.07) is 10.2. The number of benzene rings is 2. The Morgan fingerprint density at radius 3 is 2.38 bits per heavy atom. The van der Waals surface area contributed by atoms with Crippen LogP contribution in [0.4, 0.5) is 5.69 Å². The van der Waals surface area contributed by atoms with Gasteiger partial charge in [-0.1, -0.05) is 75.2 Å². The van der Waals surface area contributed by atoms with Gasteiger partial charge in [0.25, 0.3) is 0 Å². The lowest BCUT2D eigenvalue weighted by atomic mass is 9.85. The third-order valence-corrected chi connectivity index (χ3v) is 11.2. The molecule has 0 unspecified atom stereocenters. The molecule has 8 N–H and O–H groups in total. The summed E-state index contributed by atoms with van der Waals surface area (Å²) in [5, 5.41) is 19.6. The fourth-order valence-electron chi connectivity index (χ4n) is 6.55. The average Bonchev–Trinajstić information content (AvgIpc) is 3.75. The fraction of sp³-hybridized carbons (Fsp3) is 0.500. The van der Waals surface area contributed by atoms with Crippen molar-refractivity contribution in [1.82, 2.24) is 20.5 Å². The summed E-state index contributed by atoms with van der Waals surface area (Å²) in [4.78, 5) is 71.1. The molecule has 2 aromatic carbocycles. The number of nitrogens with two attached hydrogens (primary N) is 2. The molecule has 1 fully saturated rings. The number of thiazole rings is 1. The summed E-state index contributed by atoms with van der Waals surface area (Å²) in [5.74, 6) is -2.06. The highest BCUT2D eigenvalue weighted by molar-refractivity contribution is 7.13. The van der Waals surface area contributed by atoms with Crippen LogP contribution in [0.1, 0.15) is 95.5 Å². The molecule has 1 aliphatic heterocycles. The third-order valence-electron chi connectivity index (χ3n) is 9.79. The SMILES string of the molecule is Cc1ncsc1-c1ccc([C@H](C)NC(=O)[C@@H]2C[C@@H](O)CN2C(=O)[C@@H](NC(=O)CCCCCc2cccc(NC(=O)[C@@H](N)CCC(N)=O)c2Cl)C(C)(C)C)cc1. The maximum atomic E-state index is 14.0. The lowest BCUT2D eigenvalue weighted by Crippen LogP contribution is -2.57. The van der Waals surface area contributed by atoms with Crippen molar-refractivity contribution in [1.29, 1.82) is 0 Å². The van der Waals surface area contributed by atoms with Crippen LogP contribution in [0, 0.1) is 12.3 Å². The van der Waals surface area contributed by atoms with Crippen LogP contribution in [0.25, 0.3) is 10.4 Å². The Bertz CT molecular complexity index is 1830. The molecule has 0 bridgehead atoms. The van der Waals surface area contributed by atoms with Crippen LogP contribution >= 0.6 is 22.9 Å². The minimum atomic E-state index is -0.915. The Morgan fingerprint density at radius 1 is 1.04 bits per heavy atom. The van der Waals surface area contributed by atoms with Gasteiger partial charge in [0, 0.05) is 25.8 Å². The molecule has 5 amide bonds. The van der Waals surface area contributed by atoms with E-state index in [-0.39, 0.29) is 50.1 Å². The molecule has 0 radical (unpaired) electrons. The number of nitrogens with zero attached hydrogens (tertiary/aromatic N) is 2. The molecule has 5 atom stereocenters. The van der Waals surface area contributed by atoms with E-state index in [4.69, 9.17) is 23.1 Å². The van der Waals surface area contributed by atoms with Gasteiger partial charge in [0.05, 0.1) is 45.0 Å². The minimum absolute atomic E-state index is 0.000906. The largest absolute Gasteiger partial charge is 0.391 e. The minimum Gasteiger partial charge on any atom is -0.391 e. The standard InChI is InChI=1S/C40H54ClN7O6S/c1-23(25-14-16-27(17-15-25)35-24(2)44-22-55-35)45-38(53)31-20-28(49)21-48(31)39(54)36(40(3,4)5)47-33(51)13-8-6-7-10-26-11-9-12-30(34(26)41)46-37(52)29(42)18-19-32(43)50/h9,11-12,14-17,22-23,28-29,31,36,49H,6-8,10,13,18-21,42H2,1-5H3,(H2,43,50)(H,45,53)(H,46,52)(H,47,51)/t23-,28+,29-,31-,36+/m0/s1. The van der Waals surface area contributed by atoms with Crippen LogP contribution < -0.4 is 27.4 Å². The number of β-amino-alcohol motifs (C(OH)–C–C–N with tert-alkyl or cyclic N) is 1. The number of likely N-dealkylation sites (tertiary alicyclic amines) is 1. The first kappa shape index (κ1) is 43.4. The number of carbonyl (C=O) groups excluding carboxylic acids is 5. The molecule has 55 heavy (non-hydrogen) atoms. The molecule has 3 aromatic rings. The molecule has 15 heteroatoms. The molecule has 0 spiro atoms. The van der Waals surface area contributed by atoms with E-state index in [1.165, 1.54) is 4.90 Å². The molecule has 298 valence electrons. The maximum absolute atomic E-state index is 14.0. The second kappa shape index (κ2) is 19.5. The molecule has 1 aromatic heterocycles. The number of halogens is 1. The summed E-state index contributed by atoms with van der Waals surface area (Å²) in [5.41, 5.74) is 16.3. The molecule has 0 aliphatic carbocycles. The lowest BCUT2D eigenvalue weighted by Gasteiger charge is -2.35. The summed E-state index contributed by atoms with van der Waals surface area (Å²) >= 11 is 8.15. The van der Waals surface area contributed by atoms with Crippen LogP contribution in [0.3, 0.4) is 0 Å². The van der Waals surface area contributed by atoms with E-state index >= 15 is 0 Å². The number of nitrogens with one attached hydrogen (secondary N) is 3. The first-order chi connectivity index (χ1) is 26.0. The van der Waals surface area contributed by atoms with Gasteiger partial charge < -0.3 is 37.4 Å². The van der Waals surface area contributed by atoms with Crippen molar-refractivity contribution < 1.29 is 29.1 Å². The van der Waals surface area contributed by atoms with Crippen LogP contribution in [0.5, 0.6) is 0 Å². The molecule has 13 nitrogen and oxygen atoms in total. The second-order valence-electron chi connectivity index (χ2n) is 15.3. The summed E-state index contributed by atoms with van der Waals surface area (Å²) in [7, 11) is 0. The number of primary amides is 1. The van der Waals surface area contributed by atoms with Crippen LogP contribution in [-0.4, -0.2) is 75.3 Å². The molecular formula is C40H54ClN7O6S. The predicted molar refractivity (Wildman–Crippen MR) is 215 cm³/mol. The first-order valence-corrected chi connectivity index (χ1v) is 19.9. The van der Waals surface area contributed by atoms with E-state index in [2.05, 4.69) is 20.9 Å². The number of carbonyl (C=O) groups is 5. The van der Waals surface area contributed by atoms with Gasteiger partial charge in [-0.15, -0.1) is 11.3 Å². The van der Waals surface area contributed by atoms with Gasteiger partial charge in [-0.05, 0) is 67.7 Å². The lowest BCUT2D eigenvalue weighted by molar-refractivity contribution is -0.144. The second-order valence-corrected chi connectivity index (χ2v) is 16.6. The van der Waals surface area contributed by atoms with Crippen molar-refractivity contribution in [2.75, 3.05) is 11.9 Å². The van der Waals surface area contributed by atoms with Gasteiger partial charge in [-0.3, -0.25) is 24.0 Å². The highest BCUT2D eigenvalue weighted by Gasteiger charge is 2.44. The molecule has 4 rings (SSSR count). The van der Waals surface area contributed by atoms with Gasteiger partial charge >= 0.3 is 0 Å². The summed E-state index contributed by atoms with van der Waals surface area (Å²) in [6.07, 6.45) is 2.15. The number of aliphatic hydroxyl groups is 1. The number of amides is 5. The zero-order chi connectivity index (χ0) is 40.4.